The number of rotatable bonds is 2. The van der Waals surface area contributed by atoms with Crippen LogP contribution in [0.2, 0.25) is 0 Å². The number of para-hydroxylation sites is 1. The van der Waals surface area contributed by atoms with E-state index in [2.05, 4.69) is 177 Å². The summed E-state index contributed by atoms with van der Waals surface area (Å²) in [4.78, 5) is 0. The predicted molar refractivity (Wildman–Crippen MR) is 241 cm³/mol. The Labute approximate surface area is 337 Å². The molecule has 0 amide bonds. The fourth-order valence-corrected chi connectivity index (χ4v) is 9.15. The third-order valence-electron chi connectivity index (χ3n) is 12.7. The minimum Gasteiger partial charge on any atom is -0.456 e. The molecule has 288 valence electrons. The molecule has 4 heteroatoms. The first kappa shape index (κ1) is 37.1. The lowest BCUT2D eigenvalue weighted by molar-refractivity contribution is 0.291. The molecular weight excluding hydrogens is 695 g/mol. The van der Waals surface area contributed by atoms with Gasteiger partial charge in [-0.3, -0.25) is 0 Å². The number of nitrogens with zero attached hydrogens (tertiary/aromatic N) is 3. The van der Waals surface area contributed by atoms with Gasteiger partial charge in [0, 0.05) is 38.7 Å². The lowest BCUT2D eigenvalue weighted by atomic mass is 9.74. The van der Waals surface area contributed by atoms with Gasteiger partial charge in [-0.15, -0.1) is 0 Å². The maximum atomic E-state index is 11.5. The molecule has 0 bridgehead atoms. The second-order valence-corrected chi connectivity index (χ2v) is 20.7. The highest BCUT2D eigenvalue weighted by Crippen LogP contribution is 2.47. The van der Waals surface area contributed by atoms with Crippen LogP contribution in [0.5, 0.6) is 0 Å². The van der Waals surface area contributed by atoms with Crippen molar-refractivity contribution in [3.8, 4) is 17.4 Å². The zero-order chi connectivity index (χ0) is 40.6. The molecule has 9 rings (SSSR count). The van der Waals surface area contributed by atoms with Crippen LogP contribution in [0.25, 0.3) is 72.1 Å². The molecule has 0 N–H and O–H groups in total. The van der Waals surface area contributed by atoms with Crippen molar-refractivity contribution in [1.29, 1.82) is 5.26 Å². The van der Waals surface area contributed by atoms with E-state index < -0.39 is 0 Å². The van der Waals surface area contributed by atoms with Crippen molar-refractivity contribution >= 4 is 60.7 Å². The number of aromatic nitrogens is 2. The molecule has 1 atom stereocenters. The fraction of sp³-hybridized carbons (Fsp3) is 0.340. The summed E-state index contributed by atoms with van der Waals surface area (Å²) in [6.45, 7) is 27.6. The molecule has 1 unspecified atom stereocenters. The zero-order valence-electron chi connectivity index (χ0n) is 35.8. The van der Waals surface area contributed by atoms with E-state index in [0.717, 1.165) is 50.7 Å². The Balaban J connectivity index is 1.49. The number of nitriles is 1. The summed E-state index contributed by atoms with van der Waals surface area (Å²) in [5, 5.41) is 17.0. The monoisotopic (exact) mass is 749 g/mol. The van der Waals surface area contributed by atoms with E-state index in [1.165, 1.54) is 44.1 Å². The average Bonchev–Trinajstić information content (AvgIpc) is 3.79. The standard InChI is InChI=1S/C53H55N3O/c1-50(2,3)31-17-21-41-36(25-31)37-26-32(51(4,5)6)18-22-42(37)55(41)45-29-47-48(35-15-13-14-16-46(35)57-47)40(30-54)49(45)56-43-23-19-33(52(7,8)9)27-38(43)39-28-34(53(10,11)12)20-24-44(39)56/h13-25,27-29,32H,26H2,1-12H3. The molecule has 3 aromatic heterocycles. The Bertz CT molecular complexity index is 2960. The molecule has 0 spiro atoms. The summed E-state index contributed by atoms with van der Waals surface area (Å²) in [6, 6.07) is 34.0. The van der Waals surface area contributed by atoms with Crippen LogP contribution in [0.15, 0.2) is 95.4 Å². The van der Waals surface area contributed by atoms with E-state index in [0.29, 0.717) is 17.1 Å². The van der Waals surface area contributed by atoms with Gasteiger partial charge in [-0.2, -0.15) is 5.26 Å². The summed E-state index contributed by atoms with van der Waals surface area (Å²) in [6.07, 6.45) is 5.71. The summed E-state index contributed by atoms with van der Waals surface area (Å²) >= 11 is 0. The lowest BCUT2D eigenvalue weighted by Crippen LogP contribution is -2.23. The van der Waals surface area contributed by atoms with E-state index in [9.17, 15) is 5.26 Å². The maximum Gasteiger partial charge on any atom is 0.139 e. The molecule has 1 aliphatic carbocycles. The SMILES string of the molecule is CC(C)(C)c1ccc2c(c1)c1c(n2-c2cc3oc4ccccc4c3c(C#N)c2-n2c3ccc(C(C)(C)C)cc3c3cc(C(C)(C)C)ccc32)C=CC(C(C)(C)C)C1. The van der Waals surface area contributed by atoms with Gasteiger partial charge >= 0.3 is 0 Å². The zero-order valence-corrected chi connectivity index (χ0v) is 35.8. The normalized spacial score (nSPS) is 15.4. The maximum absolute atomic E-state index is 11.5. The first-order chi connectivity index (χ1) is 26.8. The fourth-order valence-electron chi connectivity index (χ4n) is 9.15. The summed E-state index contributed by atoms with van der Waals surface area (Å²) in [5.74, 6) is 0.390. The van der Waals surface area contributed by atoms with E-state index >= 15 is 0 Å². The van der Waals surface area contributed by atoms with Gasteiger partial charge in [-0.1, -0.05) is 126 Å². The molecule has 5 aromatic carbocycles. The topological polar surface area (TPSA) is 46.8 Å². The van der Waals surface area contributed by atoms with Crippen LogP contribution in [0.1, 0.15) is 117 Å². The molecule has 0 aliphatic heterocycles. The van der Waals surface area contributed by atoms with Crippen molar-refractivity contribution in [2.45, 2.75) is 106 Å². The van der Waals surface area contributed by atoms with Crippen molar-refractivity contribution in [1.82, 2.24) is 9.13 Å². The second kappa shape index (κ2) is 12.2. The first-order valence-electron chi connectivity index (χ1n) is 20.6. The van der Waals surface area contributed by atoms with Crippen LogP contribution >= 0.6 is 0 Å². The van der Waals surface area contributed by atoms with Gasteiger partial charge in [0.15, 0.2) is 0 Å². The van der Waals surface area contributed by atoms with Gasteiger partial charge in [-0.05, 0) is 105 Å². The molecule has 0 radical (unpaired) electrons. The van der Waals surface area contributed by atoms with Crippen LogP contribution in [0, 0.1) is 22.7 Å². The first-order valence-corrected chi connectivity index (χ1v) is 20.6. The number of hydrogen-bond acceptors (Lipinski definition) is 2. The molecule has 4 nitrogen and oxygen atoms in total. The van der Waals surface area contributed by atoms with Crippen molar-refractivity contribution in [2.24, 2.45) is 11.3 Å². The Morgan fingerprint density at radius 1 is 0.596 bits per heavy atom. The Kier molecular flexibility index (Phi) is 7.96. The molecule has 0 saturated heterocycles. The van der Waals surface area contributed by atoms with Gasteiger partial charge in [0.2, 0.25) is 0 Å². The van der Waals surface area contributed by atoms with Crippen LogP contribution in [0.4, 0.5) is 0 Å². The van der Waals surface area contributed by atoms with Gasteiger partial charge in [-0.25, -0.2) is 0 Å². The van der Waals surface area contributed by atoms with Crippen molar-refractivity contribution in [2.75, 3.05) is 0 Å². The summed E-state index contributed by atoms with van der Waals surface area (Å²) < 4.78 is 11.5. The van der Waals surface area contributed by atoms with E-state index in [4.69, 9.17) is 4.42 Å². The number of hydrogen-bond donors (Lipinski definition) is 0. The Morgan fingerprint density at radius 2 is 1.12 bits per heavy atom. The molecule has 0 fully saturated rings. The highest BCUT2D eigenvalue weighted by atomic mass is 16.3. The van der Waals surface area contributed by atoms with E-state index in [-0.39, 0.29) is 21.7 Å². The number of furan rings is 1. The van der Waals surface area contributed by atoms with Gasteiger partial charge in [0.1, 0.15) is 17.2 Å². The molecular formula is C53H55N3O. The van der Waals surface area contributed by atoms with E-state index in [1.807, 2.05) is 18.2 Å². The number of fused-ring (bicyclic) bond motifs is 9. The third kappa shape index (κ3) is 5.76. The molecule has 0 saturated carbocycles. The largest absolute Gasteiger partial charge is 0.456 e. The minimum atomic E-state index is -0.0336. The Morgan fingerprint density at radius 3 is 1.65 bits per heavy atom. The van der Waals surface area contributed by atoms with Crippen molar-refractivity contribution in [3.05, 3.63) is 125 Å². The second-order valence-electron chi connectivity index (χ2n) is 20.7. The molecule has 1 aliphatic rings. The lowest BCUT2D eigenvalue weighted by Gasteiger charge is -2.31. The van der Waals surface area contributed by atoms with Crippen LogP contribution in [0.3, 0.4) is 0 Å². The van der Waals surface area contributed by atoms with Crippen LogP contribution in [-0.4, -0.2) is 9.13 Å². The van der Waals surface area contributed by atoms with Gasteiger partial charge in [0.25, 0.3) is 0 Å². The molecule has 8 aromatic rings. The molecule has 57 heavy (non-hydrogen) atoms. The van der Waals surface area contributed by atoms with E-state index in [1.54, 1.807) is 0 Å². The number of benzene rings is 5. The smallest absolute Gasteiger partial charge is 0.139 e. The summed E-state index contributed by atoms with van der Waals surface area (Å²) in [7, 11) is 0. The van der Waals surface area contributed by atoms with Crippen molar-refractivity contribution in [3.63, 3.8) is 0 Å². The average molecular weight is 750 g/mol. The van der Waals surface area contributed by atoms with Crippen LogP contribution in [-0.2, 0) is 22.7 Å². The van der Waals surface area contributed by atoms with Crippen molar-refractivity contribution < 1.29 is 4.42 Å². The minimum absolute atomic E-state index is 0.00970. The third-order valence-corrected chi connectivity index (χ3v) is 12.7. The molecule has 3 heterocycles. The Hall–Kier alpha value is -5.53. The van der Waals surface area contributed by atoms with Crippen LogP contribution < -0.4 is 0 Å². The van der Waals surface area contributed by atoms with Gasteiger partial charge < -0.3 is 13.6 Å². The quantitative estimate of drug-likeness (QED) is 0.177. The highest BCUT2D eigenvalue weighted by Gasteiger charge is 2.33. The summed E-state index contributed by atoms with van der Waals surface area (Å²) in [5.41, 5.74) is 13.7. The number of allylic oxidation sites excluding steroid dienone is 1. The highest BCUT2D eigenvalue weighted by molar-refractivity contribution is 6.14. The predicted octanol–water partition coefficient (Wildman–Crippen LogP) is 14.6. The van der Waals surface area contributed by atoms with Gasteiger partial charge in [0.05, 0.1) is 33.5 Å².